The highest BCUT2D eigenvalue weighted by molar-refractivity contribution is 5.67. The molecule has 2 atom stereocenters. The van der Waals surface area contributed by atoms with E-state index in [0.29, 0.717) is 48.8 Å². The Kier molecular flexibility index (Phi) is 6.71. The van der Waals surface area contributed by atoms with E-state index in [2.05, 4.69) is 15.2 Å². The van der Waals surface area contributed by atoms with Crippen molar-refractivity contribution in [3.05, 3.63) is 63.4 Å². The third kappa shape index (κ3) is 4.60. The molecule has 2 aliphatic rings. The maximum atomic E-state index is 13.5. The van der Waals surface area contributed by atoms with E-state index in [9.17, 15) is 14.8 Å². The van der Waals surface area contributed by atoms with Gasteiger partial charge >= 0.3 is 0 Å². The van der Waals surface area contributed by atoms with Crippen molar-refractivity contribution < 1.29 is 9.84 Å². The number of anilines is 1. The van der Waals surface area contributed by atoms with Crippen LogP contribution in [0.4, 0.5) is 5.69 Å². The van der Waals surface area contributed by atoms with Gasteiger partial charge in [-0.1, -0.05) is 18.2 Å². The summed E-state index contributed by atoms with van der Waals surface area (Å²) < 4.78 is 6.67. The molecule has 9 nitrogen and oxygen atoms in total. The lowest BCUT2D eigenvalue weighted by atomic mass is 10.0. The lowest BCUT2D eigenvalue weighted by Crippen LogP contribution is -2.37. The van der Waals surface area contributed by atoms with Crippen molar-refractivity contribution >= 4 is 11.4 Å². The number of methoxy groups -OCH3 is 1. The van der Waals surface area contributed by atoms with Gasteiger partial charge in [-0.3, -0.25) is 9.69 Å². The molecule has 1 saturated heterocycles. The first-order valence-electron chi connectivity index (χ1n) is 11.1. The van der Waals surface area contributed by atoms with Crippen molar-refractivity contribution in [3.8, 4) is 17.0 Å². The summed E-state index contributed by atoms with van der Waals surface area (Å²) >= 11 is 0. The Balaban J connectivity index is 1.84. The van der Waals surface area contributed by atoms with Gasteiger partial charge in [0.1, 0.15) is 17.1 Å². The first-order chi connectivity index (χ1) is 15.9. The molecule has 1 N–H and O–H groups in total. The number of aliphatic hydroxyl groups is 1. The van der Waals surface area contributed by atoms with Crippen LogP contribution in [0, 0.1) is 4.91 Å². The number of ether oxygens (including phenoxy) is 1. The molecule has 4 rings (SSSR count). The number of allylic oxidation sites excluding steroid dienone is 1. The number of benzene rings is 1. The summed E-state index contributed by atoms with van der Waals surface area (Å²) in [5.41, 5.74) is 2.20. The topological polar surface area (TPSA) is 100 Å². The van der Waals surface area contributed by atoms with E-state index < -0.39 is 0 Å². The number of β-amino-alcohol motifs (C(OH)–C–C–N with tert-alkyl or cyclic N) is 1. The van der Waals surface area contributed by atoms with Crippen LogP contribution in [0.2, 0.25) is 0 Å². The van der Waals surface area contributed by atoms with Gasteiger partial charge in [0.15, 0.2) is 0 Å². The van der Waals surface area contributed by atoms with Gasteiger partial charge in [0.2, 0.25) is 0 Å². The van der Waals surface area contributed by atoms with Crippen molar-refractivity contribution in [2.75, 3.05) is 38.7 Å². The first kappa shape index (κ1) is 22.9. The highest BCUT2D eigenvalue weighted by Gasteiger charge is 2.30. The second-order valence-electron chi connectivity index (χ2n) is 8.37. The molecule has 1 unspecified atom stereocenters. The van der Waals surface area contributed by atoms with Crippen molar-refractivity contribution in [2.45, 2.75) is 31.9 Å². The molecule has 2 aromatic rings. The van der Waals surface area contributed by atoms with Crippen LogP contribution in [0.1, 0.15) is 19.8 Å². The summed E-state index contributed by atoms with van der Waals surface area (Å²) in [6.45, 7) is 3.90. The number of hydrogen-bond acceptors (Lipinski definition) is 8. The largest absolute Gasteiger partial charge is 0.497 e. The van der Waals surface area contributed by atoms with Gasteiger partial charge in [-0.15, -0.1) is 4.91 Å². The second-order valence-corrected chi connectivity index (χ2v) is 8.37. The maximum absolute atomic E-state index is 13.5. The molecular formula is C24H29N5O4. The van der Waals surface area contributed by atoms with Gasteiger partial charge in [-0.05, 0) is 42.8 Å². The third-order valence-corrected chi connectivity index (χ3v) is 6.34. The van der Waals surface area contributed by atoms with Crippen LogP contribution >= 0.6 is 0 Å². The van der Waals surface area contributed by atoms with Gasteiger partial charge in [0.05, 0.1) is 24.6 Å². The molecule has 1 fully saturated rings. The highest BCUT2D eigenvalue weighted by Crippen LogP contribution is 2.30. The molecule has 1 aliphatic heterocycles. The molecule has 2 heterocycles. The number of likely N-dealkylation sites (tertiary alicyclic amines) is 1. The lowest BCUT2D eigenvalue weighted by molar-refractivity contribution is 0.168. The molecule has 1 aromatic heterocycles. The smallest absolute Gasteiger partial charge is 0.294 e. The molecule has 1 aliphatic carbocycles. The Morgan fingerprint density at radius 2 is 2.15 bits per heavy atom. The van der Waals surface area contributed by atoms with Crippen molar-refractivity contribution in [3.63, 3.8) is 0 Å². The second kappa shape index (κ2) is 9.68. The average molecular weight is 452 g/mol. The predicted octanol–water partition coefficient (Wildman–Crippen LogP) is 2.71. The molecular weight excluding hydrogens is 422 g/mol. The molecule has 33 heavy (non-hydrogen) atoms. The van der Waals surface area contributed by atoms with Gasteiger partial charge in [0.25, 0.3) is 5.56 Å². The molecule has 0 radical (unpaired) electrons. The zero-order chi connectivity index (χ0) is 23.5. The minimum Gasteiger partial charge on any atom is -0.497 e. The number of aliphatic hydroxyl groups excluding tert-OH is 1. The summed E-state index contributed by atoms with van der Waals surface area (Å²) in [6.07, 6.45) is 4.30. The van der Waals surface area contributed by atoms with Crippen LogP contribution in [-0.2, 0) is 0 Å². The monoisotopic (exact) mass is 451 g/mol. The average Bonchev–Trinajstić information content (AvgIpc) is 3.29. The normalized spacial score (nSPS) is 20.8. The number of rotatable bonds is 7. The van der Waals surface area contributed by atoms with E-state index in [1.54, 1.807) is 19.3 Å². The Labute approximate surface area is 192 Å². The van der Waals surface area contributed by atoms with Gasteiger partial charge < -0.3 is 14.7 Å². The summed E-state index contributed by atoms with van der Waals surface area (Å²) in [5, 5.41) is 17.8. The zero-order valence-corrected chi connectivity index (χ0v) is 19.1. The van der Waals surface area contributed by atoms with Gasteiger partial charge in [-0.2, -0.15) is 9.78 Å². The predicted molar refractivity (Wildman–Crippen MR) is 128 cm³/mol. The van der Waals surface area contributed by atoms with Gasteiger partial charge in [0, 0.05) is 44.7 Å². The van der Waals surface area contributed by atoms with E-state index in [1.165, 1.54) is 4.68 Å². The van der Waals surface area contributed by atoms with E-state index in [1.807, 2.05) is 49.2 Å². The maximum Gasteiger partial charge on any atom is 0.294 e. The van der Waals surface area contributed by atoms with Crippen LogP contribution in [0.25, 0.3) is 17.0 Å². The Morgan fingerprint density at radius 1 is 1.33 bits per heavy atom. The molecule has 0 spiro atoms. The molecule has 0 saturated carbocycles. The SMILES string of the molecule is CCN(C)c1cc(-c2cccc(OC)c2)nn(C2=C(N=O)C=CC(N3CC[C@@H](O)C3)C2)c1=O. The fraction of sp³-hybridized carbons (Fsp3) is 0.417. The van der Waals surface area contributed by atoms with Crippen LogP contribution in [0.5, 0.6) is 5.75 Å². The number of nitroso groups, excluding NO2 is 1. The summed E-state index contributed by atoms with van der Waals surface area (Å²) in [5.74, 6) is 0.681. The minimum atomic E-state index is -0.363. The number of nitrogens with zero attached hydrogens (tertiary/aromatic N) is 5. The fourth-order valence-corrected chi connectivity index (χ4v) is 4.30. The molecule has 174 valence electrons. The van der Waals surface area contributed by atoms with Crippen molar-refractivity contribution in [2.24, 2.45) is 5.18 Å². The molecule has 0 amide bonds. The summed E-state index contributed by atoms with van der Waals surface area (Å²) in [4.78, 5) is 29.2. The Bertz CT molecular complexity index is 1160. The van der Waals surface area contributed by atoms with E-state index in [-0.39, 0.29) is 23.4 Å². The summed E-state index contributed by atoms with van der Waals surface area (Å²) in [6, 6.07) is 9.18. The highest BCUT2D eigenvalue weighted by atomic mass is 16.5. The van der Waals surface area contributed by atoms with E-state index in [0.717, 1.165) is 12.1 Å². The molecule has 0 bridgehead atoms. The lowest BCUT2D eigenvalue weighted by Gasteiger charge is -2.29. The van der Waals surface area contributed by atoms with Crippen molar-refractivity contribution in [1.82, 2.24) is 14.7 Å². The van der Waals surface area contributed by atoms with Crippen LogP contribution in [0.3, 0.4) is 0 Å². The minimum absolute atomic E-state index is 0.0517. The number of hydrogen-bond donors (Lipinski definition) is 1. The molecule has 9 heteroatoms. The van der Waals surface area contributed by atoms with Crippen LogP contribution < -0.4 is 15.2 Å². The Hall–Kier alpha value is -3.30. The van der Waals surface area contributed by atoms with Crippen molar-refractivity contribution in [1.29, 1.82) is 0 Å². The summed E-state index contributed by atoms with van der Waals surface area (Å²) in [7, 11) is 3.44. The Morgan fingerprint density at radius 3 is 2.82 bits per heavy atom. The fourth-order valence-electron chi connectivity index (χ4n) is 4.30. The van der Waals surface area contributed by atoms with E-state index in [4.69, 9.17) is 4.74 Å². The van der Waals surface area contributed by atoms with Crippen LogP contribution in [-0.4, -0.2) is 65.7 Å². The zero-order valence-electron chi connectivity index (χ0n) is 19.1. The third-order valence-electron chi connectivity index (χ3n) is 6.34. The van der Waals surface area contributed by atoms with Gasteiger partial charge in [-0.25, -0.2) is 0 Å². The van der Waals surface area contributed by atoms with Crippen LogP contribution in [0.15, 0.2) is 58.2 Å². The molecule has 1 aromatic carbocycles. The quantitative estimate of drug-likeness (QED) is 0.646. The number of aromatic nitrogens is 2. The first-order valence-corrected chi connectivity index (χ1v) is 11.1. The van der Waals surface area contributed by atoms with E-state index >= 15 is 0 Å². The standard InChI is InChI=1S/C24H29N5O4/c1-4-27(2)23-14-21(16-6-5-7-19(12-16)33-3)25-29(24(23)31)22-13-17(8-9-20(22)26-32)28-11-10-18(30)15-28/h5-9,12,14,17-18,30H,4,10-11,13,15H2,1-3H3/t17?,18-/m1/s1.